The van der Waals surface area contributed by atoms with E-state index in [1.54, 1.807) is 0 Å². The zero-order valence-electron chi connectivity index (χ0n) is 14.3. The molecule has 2 rings (SSSR count). The molecule has 24 heavy (non-hydrogen) atoms. The third-order valence-corrected chi connectivity index (χ3v) is 4.10. The summed E-state index contributed by atoms with van der Waals surface area (Å²) in [6.45, 7) is 5.03. The van der Waals surface area contributed by atoms with Crippen LogP contribution in [0.2, 0.25) is 0 Å². The molecular weight excluding hydrogens is 302 g/mol. The topological polar surface area (TPSA) is 52.9 Å². The Bertz CT molecular complexity index is 571. The molecule has 0 aliphatic heterocycles. The Kier molecular flexibility index (Phi) is 7.75. The molecule has 0 radical (unpaired) electrons. The molecule has 0 amide bonds. The lowest BCUT2D eigenvalue weighted by Crippen LogP contribution is -2.28. The summed E-state index contributed by atoms with van der Waals surface area (Å²) in [6, 6.07) is 17.7. The summed E-state index contributed by atoms with van der Waals surface area (Å²) in [7, 11) is 0. The number of benzene rings is 2. The van der Waals surface area contributed by atoms with E-state index < -0.39 is 6.10 Å². The first-order chi connectivity index (χ1) is 11.7. The van der Waals surface area contributed by atoms with Crippen LogP contribution in [0.5, 0.6) is 5.75 Å². The van der Waals surface area contributed by atoms with E-state index in [1.807, 2.05) is 54.6 Å². The van der Waals surface area contributed by atoms with Crippen LogP contribution in [0.25, 0.3) is 0 Å². The molecule has 130 valence electrons. The van der Waals surface area contributed by atoms with Gasteiger partial charge in [0, 0.05) is 13.1 Å². The van der Waals surface area contributed by atoms with Crippen LogP contribution in [0.1, 0.15) is 30.6 Å². The van der Waals surface area contributed by atoms with Crippen LogP contribution >= 0.6 is 0 Å². The molecule has 0 spiro atoms. The molecule has 0 bridgehead atoms. The third kappa shape index (κ3) is 5.96. The van der Waals surface area contributed by atoms with Gasteiger partial charge in [0.2, 0.25) is 0 Å². The minimum Gasteiger partial charge on any atom is -0.489 e. The first kappa shape index (κ1) is 18.5. The van der Waals surface area contributed by atoms with E-state index in [9.17, 15) is 5.11 Å². The van der Waals surface area contributed by atoms with Gasteiger partial charge in [-0.15, -0.1) is 0 Å². The number of ether oxygens (including phenoxy) is 1. The SMILES string of the molecule is CCN(CCO)CCC(O)c1ccc(OCc2ccccc2)cc1. The number of aliphatic hydroxyl groups is 2. The van der Waals surface area contributed by atoms with E-state index in [0.29, 0.717) is 19.6 Å². The maximum Gasteiger partial charge on any atom is 0.119 e. The van der Waals surface area contributed by atoms with E-state index in [4.69, 9.17) is 9.84 Å². The van der Waals surface area contributed by atoms with Crippen LogP contribution in [0, 0.1) is 0 Å². The van der Waals surface area contributed by atoms with Crippen LogP contribution in [0.4, 0.5) is 0 Å². The van der Waals surface area contributed by atoms with E-state index >= 15 is 0 Å². The Balaban J connectivity index is 1.82. The smallest absolute Gasteiger partial charge is 0.119 e. The van der Waals surface area contributed by atoms with Crippen molar-refractivity contribution >= 4 is 0 Å². The van der Waals surface area contributed by atoms with Gasteiger partial charge in [-0.1, -0.05) is 49.4 Å². The predicted molar refractivity (Wildman–Crippen MR) is 96.0 cm³/mol. The van der Waals surface area contributed by atoms with Crippen molar-refractivity contribution in [3.63, 3.8) is 0 Å². The van der Waals surface area contributed by atoms with Crippen LogP contribution < -0.4 is 4.74 Å². The maximum absolute atomic E-state index is 10.3. The van der Waals surface area contributed by atoms with E-state index in [-0.39, 0.29) is 6.61 Å². The number of aliphatic hydroxyl groups excluding tert-OH is 2. The fourth-order valence-corrected chi connectivity index (χ4v) is 2.57. The molecule has 0 saturated carbocycles. The summed E-state index contributed by atoms with van der Waals surface area (Å²) in [5.41, 5.74) is 2.02. The minimum atomic E-state index is -0.499. The Morgan fingerprint density at radius 3 is 2.33 bits per heavy atom. The number of hydrogen-bond donors (Lipinski definition) is 2. The second-order valence-corrected chi connectivity index (χ2v) is 5.81. The second-order valence-electron chi connectivity index (χ2n) is 5.81. The highest BCUT2D eigenvalue weighted by molar-refractivity contribution is 5.29. The molecule has 2 aromatic carbocycles. The number of likely N-dealkylation sites (N-methyl/N-ethyl adjacent to an activating group) is 1. The first-order valence-corrected chi connectivity index (χ1v) is 8.51. The molecule has 0 heterocycles. The van der Waals surface area contributed by atoms with Gasteiger partial charge in [-0.25, -0.2) is 0 Å². The molecule has 2 N–H and O–H groups in total. The van der Waals surface area contributed by atoms with Gasteiger partial charge in [0.1, 0.15) is 12.4 Å². The highest BCUT2D eigenvalue weighted by Crippen LogP contribution is 2.21. The van der Waals surface area contributed by atoms with E-state index in [2.05, 4.69) is 11.8 Å². The van der Waals surface area contributed by atoms with E-state index in [0.717, 1.165) is 30.0 Å². The molecule has 4 heteroatoms. The zero-order valence-corrected chi connectivity index (χ0v) is 14.3. The first-order valence-electron chi connectivity index (χ1n) is 8.51. The Hall–Kier alpha value is -1.88. The van der Waals surface area contributed by atoms with Crippen LogP contribution in [-0.2, 0) is 6.61 Å². The summed E-state index contributed by atoms with van der Waals surface area (Å²) in [6.07, 6.45) is 0.152. The highest BCUT2D eigenvalue weighted by Gasteiger charge is 2.10. The highest BCUT2D eigenvalue weighted by atomic mass is 16.5. The second kappa shape index (κ2) is 10.1. The average Bonchev–Trinajstić information content (AvgIpc) is 2.64. The van der Waals surface area contributed by atoms with Gasteiger partial charge in [-0.3, -0.25) is 0 Å². The van der Waals surface area contributed by atoms with Gasteiger partial charge in [0.05, 0.1) is 12.7 Å². The molecule has 0 aromatic heterocycles. The van der Waals surface area contributed by atoms with Crippen LogP contribution in [0.15, 0.2) is 54.6 Å². The van der Waals surface area contributed by atoms with Crippen molar-refractivity contribution in [3.05, 3.63) is 65.7 Å². The number of nitrogens with zero attached hydrogens (tertiary/aromatic N) is 1. The van der Waals surface area contributed by atoms with Crippen molar-refractivity contribution in [1.29, 1.82) is 0 Å². The summed E-state index contributed by atoms with van der Waals surface area (Å²) < 4.78 is 5.76. The van der Waals surface area contributed by atoms with Gasteiger partial charge in [-0.2, -0.15) is 0 Å². The Morgan fingerprint density at radius 1 is 1.00 bits per heavy atom. The molecule has 1 unspecified atom stereocenters. The van der Waals surface area contributed by atoms with Gasteiger partial charge in [0.25, 0.3) is 0 Å². The van der Waals surface area contributed by atoms with Gasteiger partial charge >= 0.3 is 0 Å². The standard InChI is InChI=1S/C20H27NO3/c1-2-21(14-15-22)13-12-20(23)18-8-10-19(11-9-18)24-16-17-6-4-3-5-7-17/h3-11,20,22-23H,2,12-16H2,1H3. The lowest BCUT2D eigenvalue weighted by Gasteiger charge is -2.21. The molecule has 0 fully saturated rings. The lowest BCUT2D eigenvalue weighted by atomic mass is 10.1. The number of rotatable bonds is 10. The van der Waals surface area contributed by atoms with Crippen LogP contribution in [0.3, 0.4) is 0 Å². The van der Waals surface area contributed by atoms with Gasteiger partial charge in [0.15, 0.2) is 0 Å². The maximum atomic E-state index is 10.3. The molecule has 4 nitrogen and oxygen atoms in total. The Morgan fingerprint density at radius 2 is 1.71 bits per heavy atom. The normalized spacial score (nSPS) is 12.3. The zero-order chi connectivity index (χ0) is 17.2. The Labute approximate surface area is 144 Å². The molecule has 1 atom stereocenters. The van der Waals surface area contributed by atoms with Crippen molar-refractivity contribution < 1.29 is 14.9 Å². The van der Waals surface area contributed by atoms with E-state index in [1.165, 1.54) is 0 Å². The van der Waals surface area contributed by atoms with Crippen molar-refractivity contribution in [2.75, 3.05) is 26.2 Å². The minimum absolute atomic E-state index is 0.150. The van der Waals surface area contributed by atoms with Crippen LogP contribution in [-0.4, -0.2) is 41.4 Å². The molecule has 2 aromatic rings. The molecule has 0 aliphatic rings. The summed E-state index contributed by atoms with van der Waals surface area (Å²) in [4.78, 5) is 2.13. The van der Waals surface area contributed by atoms with Gasteiger partial charge < -0.3 is 19.8 Å². The lowest BCUT2D eigenvalue weighted by molar-refractivity contribution is 0.133. The fourth-order valence-electron chi connectivity index (χ4n) is 2.57. The summed E-state index contributed by atoms with van der Waals surface area (Å²) >= 11 is 0. The summed E-state index contributed by atoms with van der Waals surface area (Å²) in [5.74, 6) is 0.797. The monoisotopic (exact) mass is 329 g/mol. The van der Waals surface area contributed by atoms with Crippen molar-refractivity contribution in [1.82, 2.24) is 4.90 Å². The molecule has 0 aliphatic carbocycles. The average molecular weight is 329 g/mol. The largest absolute Gasteiger partial charge is 0.489 e. The third-order valence-electron chi connectivity index (χ3n) is 4.10. The predicted octanol–water partition coefficient (Wildman–Crippen LogP) is 3.00. The van der Waals surface area contributed by atoms with Crippen molar-refractivity contribution in [2.45, 2.75) is 26.1 Å². The molecule has 0 saturated heterocycles. The van der Waals surface area contributed by atoms with Gasteiger partial charge in [-0.05, 0) is 36.2 Å². The number of hydrogen-bond acceptors (Lipinski definition) is 4. The molecular formula is C20H27NO3. The summed E-state index contributed by atoms with van der Waals surface area (Å²) in [5, 5.41) is 19.3. The van der Waals surface area contributed by atoms with Crippen molar-refractivity contribution in [2.24, 2.45) is 0 Å². The quantitative estimate of drug-likeness (QED) is 0.703. The van der Waals surface area contributed by atoms with Crippen molar-refractivity contribution in [3.8, 4) is 5.75 Å². The fraction of sp³-hybridized carbons (Fsp3) is 0.400.